The van der Waals surface area contributed by atoms with Crippen LogP contribution in [-0.2, 0) is 12.0 Å². The van der Waals surface area contributed by atoms with E-state index < -0.39 is 0 Å². The summed E-state index contributed by atoms with van der Waals surface area (Å²) in [5.74, 6) is 1.11. The SMILES string of the molecule is CC1(C)CC(=O)c2ccn(C(C)(C)C3CC3)c2C1. The molecule has 98 valence electrons. The third-order valence-corrected chi connectivity index (χ3v) is 4.77. The quantitative estimate of drug-likeness (QED) is 0.777. The smallest absolute Gasteiger partial charge is 0.165 e. The van der Waals surface area contributed by atoms with Gasteiger partial charge in [-0.15, -0.1) is 0 Å². The van der Waals surface area contributed by atoms with Gasteiger partial charge in [-0.05, 0) is 50.5 Å². The Hall–Kier alpha value is -1.05. The Morgan fingerprint density at radius 2 is 1.94 bits per heavy atom. The molecule has 0 amide bonds. The lowest BCUT2D eigenvalue weighted by atomic mass is 9.76. The molecule has 0 bridgehead atoms. The predicted molar refractivity (Wildman–Crippen MR) is 72.9 cm³/mol. The number of rotatable bonds is 2. The van der Waals surface area contributed by atoms with Crippen molar-refractivity contribution >= 4 is 5.78 Å². The molecule has 3 rings (SSSR count). The molecule has 1 aromatic heterocycles. The normalized spacial score (nSPS) is 23.0. The van der Waals surface area contributed by atoms with Crippen molar-refractivity contribution in [2.45, 2.75) is 58.9 Å². The van der Waals surface area contributed by atoms with Crippen LogP contribution >= 0.6 is 0 Å². The highest BCUT2D eigenvalue weighted by Crippen LogP contribution is 2.46. The molecule has 0 atom stereocenters. The van der Waals surface area contributed by atoms with Crippen molar-refractivity contribution in [2.75, 3.05) is 0 Å². The zero-order chi connectivity index (χ0) is 13.1. The second kappa shape index (κ2) is 3.49. The summed E-state index contributed by atoms with van der Waals surface area (Å²) in [7, 11) is 0. The first-order chi connectivity index (χ1) is 8.31. The third kappa shape index (κ3) is 1.73. The van der Waals surface area contributed by atoms with E-state index in [0.717, 1.165) is 17.9 Å². The van der Waals surface area contributed by atoms with Crippen LogP contribution in [0, 0.1) is 11.3 Å². The second-order valence-electron chi connectivity index (χ2n) is 7.41. The number of ketones is 1. The van der Waals surface area contributed by atoms with Crippen LogP contribution in [0.4, 0.5) is 0 Å². The number of hydrogen-bond donors (Lipinski definition) is 0. The van der Waals surface area contributed by atoms with Gasteiger partial charge in [-0.1, -0.05) is 13.8 Å². The van der Waals surface area contributed by atoms with Crippen LogP contribution in [0.2, 0.25) is 0 Å². The van der Waals surface area contributed by atoms with Crippen LogP contribution in [0.25, 0.3) is 0 Å². The monoisotopic (exact) mass is 245 g/mol. The number of Topliss-reactive ketones (excluding diaryl/α,β-unsaturated/α-hetero) is 1. The van der Waals surface area contributed by atoms with E-state index >= 15 is 0 Å². The van der Waals surface area contributed by atoms with Gasteiger partial charge in [0.25, 0.3) is 0 Å². The van der Waals surface area contributed by atoms with Crippen molar-refractivity contribution < 1.29 is 4.79 Å². The maximum Gasteiger partial charge on any atom is 0.165 e. The van der Waals surface area contributed by atoms with E-state index in [1.807, 2.05) is 6.07 Å². The average molecular weight is 245 g/mol. The molecule has 0 aliphatic heterocycles. The molecular formula is C16H23NO. The lowest BCUT2D eigenvalue weighted by molar-refractivity contribution is 0.0907. The molecule has 1 fully saturated rings. The standard InChI is InChI=1S/C16H23NO/c1-15(2)9-13-12(14(18)10-15)7-8-17(13)16(3,4)11-5-6-11/h7-8,11H,5-6,9-10H2,1-4H3. The maximum absolute atomic E-state index is 12.2. The first-order valence-electron chi connectivity index (χ1n) is 7.05. The largest absolute Gasteiger partial charge is 0.345 e. The van der Waals surface area contributed by atoms with Gasteiger partial charge in [-0.2, -0.15) is 0 Å². The number of carbonyl (C=O) groups is 1. The Kier molecular flexibility index (Phi) is 2.33. The molecule has 0 aromatic carbocycles. The molecule has 2 heteroatoms. The lowest BCUT2D eigenvalue weighted by Crippen LogP contribution is -2.34. The van der Waals surface area contributed by atoms with Crippen LogP contribution in [0.5, 0.6) is 0 Å². The van der Waals surface area contributed by atoms with Gasteiger partial charge >= 0.3 is 0 Å². The van der Waals surface area contributed by atoms with Crippen molar-refractivity contribution in [3.05, 3.63) is 23.5 Å². The van der Waals surface area contributed by atoms with Gasteiger partial charge in [0.2, 0.25) is 0 Å². The van der Waals surface area contributed by atoms with E-state index in [4.69, 9.17) is 0 Å². The summed E-state index contributed by atoms with van der Waals surface area (Å²) in [6, 6.07) is 2.04. The fourth-order valence-corrected chi connectivity index (χ4v) is 3.47. The van der Waals surface area contributed by atoms with Crippen molar-refractivity contribution in [3.63, 3.8) is 0 Å². The summed E-state index contributed by atoms with van der Waals surface area (Å²) in [5.41, 5.74) is 2.53. The molecule has 1 saturated carbocycles. The molecule has 0 unspecified atom stereocenters. The van der Waals surface area contributed by atoms with Gasteiger partial charge in [0, 0.05) is 29.4 Å². The molecule has 18 heavy (non-hydrogen) atoms. The first-order valence-corrected chi connectivity index (χ1v) is 7.05. The Morgan fingerprint density at radius 1 is 1.28 bits per heavy atom. The number of hydrogen-bond acceptors (Lipinski definition) is 1. The Morgan fingerprint density at radius 3 is 2.56 bits per heavy atom. The Labute approximate surface area is 109 Å². The zero-order valence-electron chi connectivity index (χ0n) is 11.9. The molecule has 2 aliphatic carbocycles. The maximum atomic E-state index is 12.2. The van der Waals surface area contributed by atoms with Crippen molar-refractivity contribution in [1.29, 1.82) is 0 Å². The van der Waals surface area contributed by atoms with Crippen molar-refractivity contribution in [2.24, 2.45) is 11.3 Å². The van der Waals surface area contributed by atoms with Gasteiger partial charge < -0.3 is 4.57 Å². The molecule has 0 radical (unpaired) electrons. The van der Waals surface area contributed by atoms with Crippen molar-refractivity contribution in [3.8, 4) is 0 Å². The fourth-order valence-electron chi connectivity index (χ4n) is 3.47. The number of aromatic nitrogens is 1. The van der Waals surface area contributed by atoms with Gasteiger partial charge in [-0.3, -0.25) is 4.79 Å². The van der Waals surface area contributed by atoms with Crippen LogP contribution in [-0.4, -0.2) is 10.4 Å². The molecule has 0 N–H and O–H groups in total. The molecule has 2 nitrogen and oxygen atoms in total. The van der Waals surface area contributed by atoms with Gasteiger partial charge in [0.15, 0.2) is 5.78 Å². The molecular weight excluding hydrogens is 222 g/mol. The minimum Gasteiger partial charge on any atom is -0.345 e. The highest BCUT2D eigenvalue weighted by atomic mass is 16.1. The molecule has 0 saturated heterocycles. The second-order valence-corrected chi connectivity index (χ2v) is 7.41. The number of fused-ring (bicyclic) bond motifs is 1. The van der Waals surface area contributed by atoms with Gasteiger partial charge in [0.05, 0.1) is 0 Å². The van der Waals surface area contributed by atoms with E-state index in [-0.39, 0.29) is 11.0 Å². The highest BCUT2D eigenvalue weighted by molar-refractivity contribution is 5.98. The highest BCUT2D eigenvalue weighted by Gasteiger charge is 2.42. The first kappa shape index (κ1) is 12.0. The molecule has 1 aromatic rings. The molecule has 0 spiro atoms. The topological polar surface area (TPSA) is 22.0 Å². The van der Waals surface area contributed by atoms with Crippen molar-refractivity contribution in [1.82, 2.24) is 4.57 Å². The minimum atomic E-state index is 0.111. The van der Waals surface area contributed by atoms with Crippen LogP contribution < -0.4 is 0 Å². The van der Waals surface area contributed by atoms with E-state index in [0.29, 0.717) is 12.2 Å². The predicted octanol–water partition coefficient (Wildman–Crippen LogP) is 3.79. The van der Waals surface area contributed by atoms with Crippen LogP contribution in [0.1, 0.15) is 63.0 Å². The van der Waals surface area contributed by atoms with Crippen LogP contribution in [0.15, 0.2) is 12.3 Å². The summed E-state index contributed by atoms with van der Waals surface area (Å²) in [4.78, 5) is 12.2. The van der Waals surface area contributed by atoms with E-state index in [2.05, 4.69) is 38.5 Å². The summed E-state index contributed by atoms with van der Waals surface area (Å²) in [6.45, 7) is 9.04. The number of carbonyl (C=O) groups excluding carboxylic acids is 1. The van der Waals surface area contributed by atoms with Gasteiger partial charge in [-0.25, -0.2) is 0 Å². The van der Waals surface area contributed by atoms with E-state index in [1.54, 1.807) is 0 Å². The lowest BCUT2D eigenvalue weighted by Gasteiger charge is -2.35. The Balaban J connectivity index is 2.07. The summed E-state index contributed by atoms with van der Waals surface area (Å²) in [5, 5.41) is 0. The Bertz CT molecular complexity index is 503. The van der Waals surface area contributed by atoms with Crippen LogP contribution in [0.3, 0.4) is 0 Å². The minimum absolute atomic E-state index is 0.111. The van der Waals surface area contributed by atoms with Gasteiger partial charge in [0.1, 0.15) is 0 Å². The molecule has 2 aliphatic rings. The van der Waals surface area contributed by atoms with E-state index in [9.17, 15) is 4.79 Å². The van der Waals surface area contributed by atoms with E-state index in [1.165, 1.54) is 18.5 Å². The molecule has 1 heterocycles. The number of nitrogens with zero attached hydrogens (tertiary/aromatic N) is 1. The summed E-state index contributed by atoms with van der Waals surface area (Å²) < 4.78 is 2.39. The summed E-state index contributed by atoms with van der Waals surface area (Å²) >= 11 is 0. The average Bonchev–Trinajstić information content (AvgIpc) is 2.98. The summed E-state index contributed by atoms with van der Waals surface area (Å²) in [6.07, 6.45) is 6.52. The fraction of sp³-hybridized carbons (Fsp3) is 0.688. The zero-order valence-corrected chi connectivity index (χ0v) is 11.9. The third-order valence-electron chi connectivity index (χ3n) is 4.77.